The fraction of sp³-hybridized carbons (Fsp3) is 0.556. The maximum atomic E-state index is 12.3. The molecule has 9 heteroatoms. The SMILES string of the molecule is Cl.O=c1cc(C2CCNCC2)n2ncc(-c3nnc(C4CCCC4)o3)c2[nH]1. The van der Waals surface area contributed by atoms with E-state index in [1.54, 1.807) is 12.3 Å². The van der Waals surface area contributed by atoms with Crippen molar-refractivity contribution in [1.82, 2.24) is 30.1 Å². The Morgan fingerprint density at radius 3 is 2.63 bits per heavy atom. The molecule has 4 heterocycles. The molecular weight excluding hydrogens is 368 g/mol. The second-order valence-corrected chi connectivity index (χ2v) is 7.33. The highest BCUT2D eigenvalue weighted by atomic mass is 35.5. The molecule has 1 aliphatic carbocycles. The van der Waals surface area contributed by atoms with Gasteiger partial charge in [-0.1, -0.05) is 12.8 Å². The molecular formula is C18H23ClN6O2. The van der Waals surface area contributed by atoms with Crippen LogP contribution in [0.3, 0.4) is 0 Å². The molecule has 2 fully saturated rings. The third-order valence-electron chi connectivity index (χ3n) is 5.67. The summed E-state index contributed by atoms with van der Waals surface area (Å²) in [6.45, 7) is 1.92. The second-order valence-electron chi connectivity index (χ2n) is 7.33. The Balaban J connectivity index is 0.00000180. The van der Waals surface area contributed by atoms with Gasteiger partial charge >= 0.3 is 0 Å². The van der Waals surface area contributed by atoms with E-state index in [0.717, 1.165) is 44.5 Å². The van der Waals surface area contributed by atoms with Crippen molar-refractivity contribution in [2.24, 2.45) is 0 Å². The zero-order chi connectivity index (χ0) is 17.5. The van der Waals surface area contributed by atoms with Gasteiger partial charge in [0.1, 0.15) is 11.2 Å². The first kappa shape index (κ1) is 18.2. The van der Waals surface area contributed by atoms with Crippen molar-refractivity contribution < 1.29 is 4.42 Å². The zero-order valence-corrected chi connectivity index (χ0v) is 15.8. The van der Waals surface area contributed by atoms with E-state index in [-0.39, 0.29) is 18.0 Å². The predicted molar refractivity (Wildman–Crippen MR) is 102 cm³/mol. The highest BCUT2D eigenvalue weighted by Crippen LogP contribution is 2.35. The summed E-state index contributed by atoms with van der Waals surface area (Å²) in [4.78, 5) is 15.2. The number of halogens is 1. The summed E-state index contributed by atoms with van der Waals surface area (Å²) in [5.74, 6) is 1.82. The molecule has 0 radical (unpaired) electrons. The minimum absolute atomic E-state index is 0. The van der Waals surface area contributed by atoms with E-state index in [4.69, 9.17) is 4.42 Å². The highest BCUT2D eigenvalue weighted by molar-refractivity contribution is 5.85. The number of hydrogen-bond acceptors (Lipinski definition) is 6. The molecule has 5 rings (SSSR count). The van der Waals surface area contributed by atoms with Crippen LogP contribution in [0, 0.1) is 0 Å². The quantitative estimate of drug-likeness (QED) is 0.712. The largest absolute Gasteiger partial charge is 0.420 e. The normalized spacial score (nSPS) is 18.8. The van der Waals surface area contributed by atoms with E-state index in [1.807, 2.05) is 4.52 Å². The number of aromatic amines is 1. The molecule has 0 aromatic carbocycles. The molecule has 0 unspecified atom stereocenters. The van der Waals surface area contributed by atoms with Gasteiger partial charge in [0, 0.05) is 17.9 Å². The summed E-state index contributed by atoms with van der Waals surface area (Å²) in [6.07, 6.45) is 8.35. The summed E-state index contributed by atoms with van der Waals surface area (Å²) in [5, 5.41) is 16.3. The van der Waals surface area contributed by atoms with Crippen molar-refractivity contribution in [3.63, 3.8) is 0 Å². The number of nitrogens with one attached hydrogen (secondary N) is 2. The van der Waals surface area contributed by atoms with Crippen molar-refractivity contribution in [1.29, 1.82) is 0 Å². The molecule has 0 atom stereocenters. The molecule has 1 saturated heterocycles. The average molecular weight is 391 g/mol. The lowest BCUT2D eigenvalue weighted by atomic mass is 9.94. The minimum Gasteiger partial charge on any atom is -0.420 e. The van der Waals surface area contributed by atoms with Crippen molar-refractivity contribution in [3.8, 4) is 11.5 Å². The Kier molecular flexibility index (Phi) is 5.01. The van der Waals surface area contributed by atoms with Crippen molar-refractivity contribution in [2.45, 2.75) is 50.4 Å². The van der Waals surface area contributed by atoms with Crippen LogP contribution in [0.4, 0.5) is 0 Å². The number of hydrogen-bond donors (Lipinski definition) is 2. The molecule has 3 aromatic rings. The van der Waals surface area contributed by atoms with E-state index in [9.17, 15) is 4.79 Å². The molecule has 2 N–H and O–H groups in total. The van der Waals surface area contributed by atoms with Gasteiger partial charge in [0.2, 0.25) is 5.89 Å². The van der Waals surface area contributed by atoms with Gasteiger partial charge in [0.05, 0.1) is 11.9 Å². The van der Waals surface area contributed by atoms with Crippen LogP contribution < -0.4 is 10.9 Å². The Labute approximate surface area is 162 Å². The van der Waals surface area contributed by atoms with Crippen molar-refractivity contribution >= 4 is 18.1 Å². The smallest absolute Gasteiger partial charge is 0.253 e. The van der Waals surface area contributed by atoms with Gasteiger partial charge < -0.3 is 14.7 Å². The maximum Gasteiger partial charge on any atom is 0.253 e. The number of rotatable bonds is 3. The first-order chi connectivity index (χ1) is 12.8. The maximum absolute atomic E-state index is 12.3. The molecule has 1 aliphatic heterocycles. The third-order valence-corrected chi connectivity index (χ3v) is 5.67. The Morgan fingerprint density at radius 1 is 1.07 bits per heavy atom. The lowest BCUT2D eigenvalue weighted by Crippen LogP contribution is -2.28. The van der Waals surface area contributed by atoms with Gasteiger partial charge in [-0.2, -0.15) is 5.10 Å². The fourth-order valence-electron chi connectivity index (χ4n) is 4.26. The van der Waals surface area contributed by atoms with Crippen LogP contribution in [-0.4, -0.2) is 37.9 Å². The van der Waals surface area contributed by atoms with Crippen LogP contribution in [0.25, 0.3) is 17.1 Å². The summed E-state index contributed by atoms with van der Waals surface area (Å²) in [5.41, 5.74) is 2.15. The molecule has 0 amide bonds. The van der Waals surface area contributed by atoms with Gasteiger partial charge in [-0.15, -0.1) is 22.6 Å². The first-order valence-electron chi connectivity index (χ1n) is 9.45. The number of piperidine rings is 1. The Bertz CT molecular complexity index is 981. The van der Waals surface area contributed by atoms with E-state index in [1.165, 1.54) is 12.8 Å². The van der Waals surface area contributed by atoms with Crippen LogP contribution in [0.5, 0.6) is 0 Å². The molecule has 144 valence electrons. The van der Waals surface area contributed by atoms with E-state index in [2.05, 4.69) is 25.6 Å². The molecule has 0 bridgehead atoms. The number of H-pyrrole nitrogens is 1. The van der Waals surface area contributed by atoms with E-state index >= 15 is 0 Å². The van der Waals surface area contributed by atoms with Gasteiger partial charge in [-0.05, 0) is 38.8 Å². The summed E-state index contributed by atoms with van der Waals surface area (Å²) >= 11 is 0. The highest BCUT2D eigenvalue weighted by Gasteiger charge is 2.25. The molecule has 8 nitrogen and oxygen atoms in total. The minimum atomic E-state index is -0.122. The van der Waals surface area contributed by atoms with Crippen molar-refractivity contribution in [2.75, 3.05) is 13.1 Å². The summed E-state index contributed by atoms with van der Waals surface area (Å²) in [6, 6.07) is 1.66. The van der Waals surface area contributed by atoms with Crippen molar-refractivity contribution in [3.05, 3.63) is 34.2 Å². The molecule has 2 aliphatic rings. The molecule has 0 spiro atoms. The fourth-order valence-corrected chi connectivity index (χ4v) is 4.26. The molecule has 27 heavy (non-hydrogen) atoms. The van der Waals surface area contributed by atoms with Crippen LogP contribution in [0.2, 0.25) is 0 Å². The molecule has 1 saturated carbocycles. The summed E-state index contributed by atoms with van der Waals surface area (Å²) in [7, 11) is 0. The summed E-state index contributed by atoms with van der Waals surface area (Å²) < 4.78 is 7.76. The predicted octanol–water partition coefficient (Wildman–Crippen LogP) is 2.62. The monoisotopic (exact) mass is 390 g/mol. The lowest BCUT2D eigenvalue weighted by Gasteiger charge is -2.23. The van der Waals surface area contributed by atoms with Gasteiger partial charge in [0.25, 0.3) is 11.4 Å². The van der Waals surface area contributed by atoms with E-state index in [0.29, 0.717) is 34.8 Å². The van der Waals surface area contributed by atoms with Crippen LogP contribution in [-0.2, 0) is 0 Å². The molecule has 3 aromatic heterocycles. The Morgan fingerprint density at radius 2 is 1.85 bits per heavy atom. The number of fused-ring (bicyclic) bond motifs is 1. The van der Waals surface area contributed by atoms with Crippen LogP contribution >= 0.6 is 12.4 Å². The number of nitrogens with zero attached hydrogens (tertiary/aromatic N) is 4. The Hall–Kier alpha value is -2.19. The standard InChI is InChI=1S/C18H22N6O2.ClH/c25-15-9-14(11-5-7-19-8-6-11)24-16(21-15)13(10-20-24)18-23-22-17(26-18)12-3-1-2-4-12;/h9-12,19H,1-8H2,(H,21,25);1H. The third kappa shape index (κ3) is 3.27. The average Bonchev–Trinajstić information content (AvgIpc) is 3.41. The van der Waals surface area contributed by atoms with Gasteiger partial charge in [-0.3, -0.25) is 4.79 Å². The topological polar surface area (TPSA) is 101 Å². The first-order valence-corrected chi connectivity index (χ1v) is 9.45. The van der Waals surface area contributed by atoms with E-state index < -0.39 is 0 Å². The number of aromatic nitrogens is 5. The lowest BCUT2D eigenvalue weighted by molar-refractivity contribution is 0.446. The van der Waals surface area contributed by atoms with Gasteiger partial charge in [-0.25, -0.2) is 4.52 Å². The van der Waals surface area contributed by atoms with Gasteiger partial charge in [0.15, 0.2) is 0 Å². The van der Waals surface area contributed by atoms with Crippen LogP contribution in [0.1, 0.15) is 61.9 Å². The second kappa shape index (κ2) is 7.44. The zero-order valence-electron chi connectivity index (χ0n) is 15.0. The van der Waals surface area contributed by atoms with Crippen LogP contribution in [0.15, 0.2) is 21.5 Å².